The normalized spacial score (nSPS) is 18.3. The Kier molecular flexibility index (Phi) is 6.77. The van der Waals surface area contributed by atoms with Gasteiger partial charge in [0.15, 0.2) is 0 Å². The molecule has 1 heterocycles. The molecule has 1 aliphatic rings. The Balaban J connectivity index is 2.06. The van der Waals surface area contributed by atoms with Crippen LogP contribution in [0.1, 0.15) is 42.6 Å². The van der Waals surface area contributed by atoms with E-state index in [-0.39, 0.29) is 24.1 Å². The molecular weight excluding hydrogens is 356 g/mol. The summed E-state index contributed by atoms with van der Waals surface area (Å²) in [5.74, 6) is -0.946. The van der Waals surface area contributed by atoms with Crippen molar-refractivity contribution < 1.29 is 22.7 Å². The van der Waals surface area contributed by atoms with E-state index in [4.69, 9.17) is 4.74 Å². The van der Waals surface area contributed by atoms with Gasteiger partial charge in [0.25, 0.3) is 0 Å². The standard InChI is InChI=1S/C18H26N2O5S/c1-4-25-18(22)14-8-9-16(13(3)11-14)19-17(21)15-7-6-10-20(12-15)26(23,24)5-2/h8-9,11,15H,4-7,10,12H2,1-3H3,(H,19,21)/t15-/m1/s1. The molecule has 1 aromatic rings. The van der Waals surface area contributed by atoms with Gasteiger partial charge in [-0.3, -0.25) is 4.79 Å². The molecule has 0 aromatic heterocycles. The van der Waals surface area contributed by atoms with Crippen LogP contribution in [0.3, 0.4) is 0 Å². The maximum absolute atomic E-state index is 12.6. The predicted molar refractivity (Wildman–Crippen MR) is 99.5 cm³/mol. The van der Waals surface area contributed by atoms with Gasteiger partial charge in [-0.2, -0.15) is 0 Å². The van der Waals surface area contributed by atoms with Gasteiger partial charge in [-0.05, 0) is 57.4 Å². The van der Waals surface area contributed by atoms with Crippen molar-refractivity contribution in [1.82, 2.24) is 4.31 Å². The van der Waals surface area contributed by atoms with Crippen LogP contribution in [-0.2, 0) is 19.6 Å². The smallest absolute Gasteiger partial charge is 0.338 e. The van der Waals surface area contributed by atoms with E-state index in [1.54, 1.807) is 39.0 Å². The number of hydrogen-bond donors (Lipinski definition) is 1. The van der Waals surface area contributed by atoms with Crippen LogP contribution in [0.25, 0.3) is 0 Å². The van der Waals surface area contributed by atoms with Gasteiger partial charge in [-0.15, -0.1) is 0 Å². The molecule has 0 radical (unpaired) electrons. The molecule has 1 saturated heterocycles. The SMILES string of the molecule is CCOC(=O)c1ccc(NC(=O)[C@@H]2CCCN(S(=O)(=O)CC)C2)c(C)c1. The van der Waals surface area contributed by atoms with Gasteiger partial charge < -0.3 is 10.1 Å². The van der Waals surface area contributed by atoms with Crippen molar-refractivity contribution in [1.29, 1.82) is 0 Å². The lowest BCUT2D eigenvalue weighted by Gasteiger charge is -2.31. The summed E-state index contributed by atoms with van der Waals surface area (Å²) in [6.07, 6.45) is 1.32. The van der Waals surface area contributed by atoms with Crippen LogP contribution >= 0.6 is 0 Å². The summed E-state index contributed by atoms with van der Waals surface area (Å²) in [6, 6.07) is 4.94. The number of hydrogen-bond acceptors (Lipinski definition) is 5. The lowest BCUT2D eigenvalue weighted by molar-refractivity contribution is -0.120. The minimum Gasteiger partial charge on any atom is -0.462 e. The first-order valence-corrected chi connectivity index (χ1v) is 10.5. The Labute approximate surface area is 154 Å². The summed E-state index contributed by atoms with van der Waals surface area (Å²) >= 11 is 0. The third-order valence-corrected chi connectivity index (χ3v) is 6.36. The van der Waals surface area contributed by atoms with Crippen LogP contribution in [0.5, 0.6) is 0 Å². The molecule has 0 spiro atoms. The summed E-state index contributed by atoms with van der Waals surface area (Å²) in [7, 11) is -3.29. The largest absolute Gasteiger partial charge is 0.462 e. The van der Waals surface area contributed by atoms with Crippen molar-refractivity contribution >= 4 is 27.6 Å². The minimum atomic E-state index is -3.29. The number of piperidine rings is 1. The number of anilines is 1. The van der Waals surface area contributed by atoms with Gasteiger partial charge >= 0.3 is 5.97 Å². The number of aryl methyl sites for hydroxylation is 1. The zero-order valence-electron chi connectivity index (χ0n) is 15.4. The highest BCUT2D eigenvalue weighted by molar-refractivity contribution is 7.89. The summed E-state index contributed by atoms with van der Waals surface area (Å²) in [5.41, 5.74) is 1.79. The van der Waals surface area contributed by atoms with Crippen molar-refractivity contribution in [3.8, 4) is 0 Å². The van der Waals surface area contributed by atoms with E-state index in [0.29, 0.717) is 37.2 Å². The van der Waals surface area contributed by atoms with Crippen molar-refractivity contribution in [2.45, 2.75) is 33.6 Å². The molecule has 7 nitrogen and oxygen atoms in total. The van der Waals surface area contributed by atoms with Crippen LogP contribution in [0.4, 0.5) is 5.69 Å². The summed E-state index contributed by atoms with van der Waals surface area (Å²) < 4.78 is 30.4. The molecule has 0 aliphatic carbocycles. The zero-order valence-corrected chi connectivity index (χ0v) is 16.3. The number of amides is 1. The maximum atomic E-state index is 12.6. The Bertz CT molecular complexity index is 776. The highest BCUT2D eigenvalue weighted by atomic mass is 32.2. The fourth-order valence-electron chi connectivity index (χ4n) is 2.97. The minimum absolute atomic E-state index is 0.0375. The van der Waals surface area contributed by atoms with E-state index in [1.807, 2.05) is 0 Å². The molecular formula is C18H26N2O5S. The molecule has 1 fully saturated rings. The second kappa shape index (κ2) is 8.64. The van der Waals surface area contributed by atoms with Gasteiger partial charge in [0.2, 0.25) is 15.9 Å². The Hall–Kier alpha value is -1.93. The lowest BCUT2D eigenvalue weighted by Crippen LogP contribution is -2.44. The van der Waals surface area contributed by atoms with Crippen LogP contribution in [0.2, 0.25) is 0 Å². The number of nitrogens with one attached hydrogen (secondary N) is 1. The summed E-state index contributed by atoms with van der Waals surface area (Å²) in [6.45, 7) is 6.12. The van der Waals surface area contributed by atoms with E-state index in [0.717, 1.165) is 5.56 Å². The average Bonchev–Trinajstić information content (AvgIpc) is 2.63. The molecule has 0 unspecified atom stereocenters. The number of nitrogens with zero attached hydrogens (tertiary/aromatic N) is 1. The monoisotopic (exact) mass is 382 g/mol. The molecule has 1 amide bonds. The first-order chi connectivity index (χ1) is 12.3. The molecule has 0 saturated carbocycles. The molecule has 2 rings (SSSR count). The third-order valence-electron chi connectivity index (χ3n) is 4.51. The number of ether oxygens (including phenoxy) is 1. The highest BCUT2D eigenvalue weighted by Gasteiger charge is 2.31. The second-order valence-corrected chi connectivity index (χ2v) is 8.59. The number of rotatable bonds is 6. The first kappa shape index (κ1) is 20.4. The molecule has 0 bridgehead atoms. The van der Waals surface area contributed by atoms with Crippen molar-refractivity contribution in [2.24, 2.45) is 5.92 Å². The van der Waals surface area contributed by atoms with E-state index in [9.17, 15) is 18.0 Å². The Morgan fingerprint density at radius 3 is 2.65 bits per heavy atom. The molecule has 8 heteroatoms. The summed E-state index contributed by atoms with van der Waals surface area (Å²) in [5, 5.41) is 2.86. The van der Waals surface area contributed by atoms with E-state index >= 15 is 0 Å². The Morgan fingerprint density at radius 2 is 2.04 bits per heavy atom. The highest BCUT2D eigenvalue weighted by Crippen LogP contribution is 2.23. The zero-order chi connectivity index (χ0) is 19.3. The number of benzene rings is 1. The molecule has 1 aromatic carbocycles. The number of esters is 1. The van der Waals surface area contributed by atoms with Gasteiger partial charge in [0.05, 0.1) is 23.8 Å². The van der Waals surface area contributed by atoms with Crippen LogP contribution < -0.4 is 5.32 Å². The van der Waals surface area contributed by atoms with E-state index in [2.05, 4.69) is 5.32 Å². The fourth-order valence-corrected chi connectivity index (χ4v) is 4.15. The van der Waals surface area contributed by atoms with Crippen molar-refractivity contribution in [3.05, 3.63) is 29.3 Å². The van der Waals surface area contributed by atoms with Crippen LogP contribution in [-0.4, -0.2) is 50.0 Å². The lowest BCUT2D eigenvalue weighted by atomic mass is 9.98. The van der Waals surface area contributed by atoms with Crippen molar-refractivity contribution in [3.63, 3.8) is 0 Å². The number of carbonyl (C=O) groups excluding carboxylic acids is 2. The predicted octanol–water partition coefficient (Wildman–Crippen LogP) is 2.17. The number of sulfonamides is 1. The van der Waals surface area contributed by atoms with Crippen LogP contribution in [0, 0.1) is 12.8 Å². The molecule has 1 N–H and O–H groups in total. The van der Waals surface area contributed by atoms with Gasteiger partial charge in [-0.1, -0.05) is 0 Å². The second-order valence-electron chi connectivity index (χ2n) is 6.34. The van der Waals surface area contributed by atoms with Gasteiger partial charge in [0, 0.05) is 18.8 Å². The molecule has 1 atom stereocenters. The maximum Gasteiger partial charge on any atom is 0.338 e. The van der Waals surface area contributed by atoms with Gasteiger partial charge in [-0.25, -0.2) is 17.5 Å². The Morgan fingerprint density at radius 1 is 1.31 bits per heavy atom. The fraction of sp³-hybridized carbons (Fsp3) is 0.556. The number of carbonyl (C=O) groups is 2. The topological polar surface area (TPSA) is 92.8 Å². The molecule has 1 aliphatic heterocycles. The van der Waals surface area contributed by atoms with E-state index in [1.165, 1.54) is 4.31 Å². The quantitative estimate of drug-likeness (QED) is 0.761. The average molecular weight is 382 g/mol. The first-order valence-electron chi connectivity index (χ1n) is 8.85. The molecule has 144 valence electrons. The van der Waals surface area contributed by atoms with Crippen molar-refractivity contribution in [2.75, 3.05) is 30.8 Å². The van der Waals surface area contributed by atoms with Crippen LogP contribution in [0.15, 0.2) is 18.2 Å². The summed E-state index contributed by atoms with van der Waals surface area (Å²) in [4.78, 5) is 24.3. The third kappa shape index (κ3) is 4.82. The molecule has 26 heavy (non-hydrogen) atoms. The van der Waals surface area contributed by atoms with E-state index < -0.39 is 16.0 Å². The van der Waals surface area contributed by atoms with Gasteiger partial charge in [0.1, 0.15) is 0 Å².